The fourth-order valence-corrected chi connectivity index (χ4v) is 0.875. The van der Waals surface area contributed by atoms with Gasteiger partial charge in [0.25, 0.3) is 0 Å². The molecule has 0 aliphatic heterocycles. The first-order chi connectivity index (χ1) is 7.73. The SMILES string of the molecule is O=C([O-])CC(OC(CC(=O)[O-])C(=O)[O-])C(=O)[O-].[K+].[K+].[K+].[Na+]. The zero-order chi connectivity index (χ0) is 13.6. The van der Waals surface area contributed by atoms with Crippen LogP contribution in [-0.2, 0) is 23.9 Å². The van der Waals surface area contributed by atoms with E-state index in [1.165, 1.54) is 0 Å². The second kappa shape index (κ2) is 20.1. The number of aliphatic carboxylic acids is 4. The molecule has 0 spiro atoms. The minimum absolute atomic E-state index is 0. The summed E-state index contributed by atoms with van der Waals surface area (Å²) in [5.41, 5.74) is 0. The molecule has 0 aromatic heterocycles. The number of hydrogen-bond acceptors (Lipinski definition) is 9. The van der Waals surface area contributed by atoms with Gasteiger partial charge in [-0.2, -0.15) is 0 Å². The molecule has 2 unspecified atom stereocenters. The van der Waals surface area contributed by atoms with Crippen LogP contribution in [0.1, 0.15) is 12.8 Å². The summed E-state index contributed by atoms with van der Waals surface area (Å²) >= 11 is 0. The van der Waals surface area contributed by atoms with Gasteiger partial charge in [0, 0.05) is 24.8 Å². The average molecular weight is 386 g/mol. The van der Waals surface area contributed by atoms with Crippen LogP contribution >= 0.6 is 0 Å². The number of carboxylic acids is 4. The first-order valence-electron chi connectivity index (χ1n) is 4.21. The van der Waals surface area contributed by atoms with Gasteiger partial charge in [-0.1, -0.05) is 0 Å². The summed E-state index contributed by atoms with van der Waals surface area (Å²) in [6, 6.07) is 0. The largest absolute Gasteiger partial charge is 1.00 e. The molecule has 0 aromatic rings. The fraction of sp³-hybridized carbons (Fsp3) is 0.500. The summed E-state index contributed by atoms with van der Waals surface area (Å²) in [5, 5.41) is 41.0. The van der Waals surface area contributed by atoms with Gasteiger partial charge in [0.15, 0.2) is 0 Å². The van der Waals surface area contributed by atoms with Crippen molar-refractivity contribution in [2.45, 2.75) is 25.0 Å². The first kappa shape index (κ1) is 35.8. The van der Waals surface area contributed by atoms with Crippen molar-refractivity contribution in [1.29, 1.82) is 0 Å². The second-order valence-corrected chi connectivity index (χ2v) is 2.90. The minimum atomic E-state index is -2.15. The monoisotopic (exact) mass is 386 g/mol. The molecular weight excluding hydrogens is 380 g/mol. The van der Waals surface area contributed by atoms with Crippen LogP contribution in [0, 0.1) is 0 Å². The Bertz CT molecular complexity index is 320. The van der Waals surface area contributed by atoms with Crippen LogP contribution in [-0.4, -0.2) is 36.1 Å². The van der Waals surface area contributed by atoms with Crippen LogP contribution in [0.25, 0.3) is 0 Å². The quantitative estimate of drug-likeness (QED) is 0.367. The Morgan fingerprint density at radius 2 is 0.952 bits per heavy atom. The number of rotatable bonds is 8. The van der Waals surface area contributed by atoms with Gasteiger partial charge in [-0.25, -0.2) is 0 Å². The number of ether oxygens (including phenoxy) is 1. The first-order valence-corrected chi connectivity index (χ1v) is 4.21. The molecule has 2 atom stereocenters. The maximum Gasteiger partial charge on any atom is 1.00 e. The molecular formula is C8H6K3NaO9. The van der Waals surface area contributed by atoms with Gasteiger partial charge >= 0.3 is 184 Å². The van der Waals surface area contributed by atoms with Crippen LogP contribution < -0.4 is 204 Å². The second-order valence-electron chi connectivity index (χ2n) is 2.90. The molecule has 0 saturated heterocycles. The van der Waals surface area contributed by atoms with Crippen molar-refractivity contribution in [3.05, 3.63) is 0 Å². The van der Waals surface area contributed by atoms with E-state index < -0.39 is 48.9 Å². The van der Waals surface area contributed by atoms with E-state index in [4.69, 9.17) is 0 Å². The van der Waals surface area contributed by atoms with E-state index in [9.17, 15) is 39.6 Å². The molecule has 0 saturated carbocycles. The average Bonchev–Trinajstić information content (AvgIpc) is 2.13. The molecule has 96 valence electrons. The van der Waals surface area contributed by atoms with Crippen LogP contribution in [0.3, 0.4) is 0 Å². The van der Waals surface area contributed by atoms with Gasteiger partial charge in [0.2, 0.25) is 0 Å². The Kier molecular flexibility index (Phi) is 34.2. The summed E-state index contributed by atoms with van der Waals surface area (Å²) < 4.78 is 4.23. The fourth-order valence-electron chi connectivity index (χ4n) is 0.875. The van der Waals surface area contributed by atoms with Crippen molar-refractivity contribution >= 4 is 23.9 Å². The van der Waals surface area contributed by atoms with Crippen molar-refractivity contribution in [3.63, 3.8) is 0 Å². The Morgan fingerprint density at radius 3 is 1.10 bits per heavy atom. The van der Waals surface area contributed by atoms with E-state index in [1.54, 1.807) is 0 Å². The Balaban J connectivity index is -0.000000213. The van der Waals surface area contributed by atoms with Gasteiger partial charge in [-0.15, -0.1) is 0 Å². The normalized spacial score (nSPS) is 11.0. The Labute approximate surface area is 269 Å². The third kappa shape index (κ3) is 19.9. The topological polar surface area (TPSA) is 170 Å². The van der Waals surface area contributed by atoms with Crippen molar-refractivity contribution in [2.24, 2.45) is 0 Å². The predicted molar refractivity (Wildman–Crippen MR) is 37.9 cm³/mol. The van der Waals surface area contributed by atoms with Gasteiger partial charge in [-0.3, -0.25) is 0 Å². The molecule has 0 radical (unpaired) electrons. The van der Waals surface area contributed by atoms with Crippen molar-refractivity contribution in [3.8, 4) is 0 Å². The Hall–Kier alpha value is 3.75. The molecule has 0 rings (SSSR count). The van der Waals surface area contributed by atoms with E-state index in [0.717, 1.165) is 0 Å². The van der Waals surface area contributed by atoms with E-state index in [1.807, 2.05) is 0 Å². The molecule has 0 aliphatic carbocycles. The molecule has 13 heteroatoms. The minimum Gasteiger partial charge on any atom is -0.550 e. The smallest absolute Gasteiger partial charge is 0.550 e. The molecule has 9 nitrogen and oxygen atoms in total. The molecule has 0 fully saturated rings. The van der Waals surface area contributed by atoms with Crippen LogP contribution in [0.4, 0.5) is 0 Å². The number of hydrogen-bond donors (Lipinski definition) is 0. The third-order valence-corrected chi connectivity index (χ3v) is 1.56. The third-order valence-electron chi connectivity index (χ3n) is 1.56. The number of carbonyl (C=O) groups is 4. The van der Waals surface area contributed by atoms with E-state index in [0.29, 0.717) is 0 Å². The van der Waals surface area contributed by atoms with Crippen LogP contribution in [0.2, 0.25) is 0 Å². The van der Waals surface area contributed by atoms with Crippen molar-refractivity contribution < 1.29 is 228 Å². The van der Waals surface area contributed by atoms with E-state index in [2.05, 4.69) is 4.74 Å². The van der Waals surface area contributed by atoms with Gasteiger partial charge in [0.05, 0.1) is 11.9 Å². The van der Waals surface area contributed by atoms with Crippen LogP contribution in [0.15, 0.2) is 0 Å². The zero-order valence-electron chi connectivity index (χ0n) is 12.2. The maximum atomic E-state index is 10.4. The summed E-state index contributed by atoms with van der Waals surface area (Å²) in [6.45, 7) is 0. The predicted octanol–water partition coefficient (Wildman–Crippen LogP) is -18.5. The molecule has 0 amide bonds. The summed E-state index contributed by atoms with van der Waals surface area (Å²) in [4.78, 5) is 41.0. The molecule has 0 N–H and O–H groups in total. The molecule has 0 heterocycles. The van der Waals surface area contributed by atoms with Gasteiger partial charge in [0.1, 0.15) is 12.2 Å². The van der Waals surface area contributed by atoms with Gasteiger partial charge in [-0.05, 0) is 0 Å². The zero-order valence-corrected chi connectivity index (χ0v) is 23.6. The van der Waals surface area contributed by atoms with E-state index in [-0.39, 0.29) is 184 Å². The van der Waals surface area contributed by atoms with Crippen molar-refractivity contribution in [1.82, 2.24) is 0 Å². The molecule has 0 bridgehead atoms. The number of carbonyl (C=O) groups excluding carboxylic acids is 4. The summed E-state index contributed by atoms with van der Waals surface area (Å²) in [5.74, 6) is -7.69. The van der Waals surface area contributed by atoms with Gasteiger partial charge < -0.3 is 44.3 Å². The summed E-state index contributed by atoms with van der Waals surface area (Å²) in [7, 11) is 0. The Morgan fingerprint density at radius 1 is 0.714 bits per heavy atom. The number of carboxylic acid groups (broad SMARTS) is 4. The van der Waals surface area contributed by atoms with Crippen molar-refractivity contribution in [2.75, 3.05) is 0 Å². The molecule has 0 aromatic carbocycles. The van der Waals surface area contributed by atoms with E-state index >= 15 is 0 Å². The molecule has 0 aliphatic rings. The summed E-state index contributed by atoms with van der Waals surface area (Å²) in [6.07, 6.45) is -6.66. The molecule has 21 heavy (non-hydrogen) atoms. The maximum absolute atomic E-state index is 10.4. The standard InChI is InChI=1S/C8H10O9.3K.Na/c9-5(10)1-3(7(13)14)17-4(8(15)16)2-6(11)12;;;;/h3-4H,1-2H2,(H,9,10)(H,11,12)(H,13,14)(H,15,16);;;;/q;4*+1/p-4. The van der Waals surface area contributed by atoms with Crippen LogP contribution in [0.5, 0.6) is 0 Å².